The van der Waals surface area contributed by atoms with Crippen molar-refractivity contribution < 1.29 is 46.1 Å². The number of hydrogen-bond acceptors (Lipinski definition) is 5. The Morgan fingerprint density at radius 3 is 2.28 bits per heavy atom. The number of aromatic nitrogens is 1. The highest BCUT2D eigenvalue weighted by molar-refractivity contribution is 6.32. The number of likely N-dealkylation sites (tertiary alicyclic amines) is 1. The van der Waals surface area contributed by atoms with Gasteiger partial charge in [-0.2, -0.15) is 26.3 Å². The summed E-state index contributed by atoms with van der Waals surface area (Å²) < 4.78 is 83.9. The summed E-state index contributed by atoms with van der Waals surface area (Å²) in [6.45, 7) is 0.587. The van der Waals surface area contributed by atoms with Crippen LogP contribution in [-0.2, 0) is 17.1 Å². The van der Waals surface area contributed by atoms with Crippen LogP contribution in [0.4, 0.5) is 26.3 Å². The summed E-state index contributed by atoms with van der Waals surface area (Å²) in [6, 6.07) is 6.31. The zero-order valence-corrected chi connectivity index (χ0v) is 23.6. The van der Waals surface area contributed by atoms with Gasteiger partial charge in [-0.3, -0.25) is 14.7 Å². The molecule has 1 aromatic heterocycles. The van der Waals surface area contributed by atoms with Crippen LogP contribution in [0.3, 0.4) is 0 Å². The molecule has 0 aliphatic carbocycles. The number of fused-ring (bicyclic) bond motifs is 1. The van der Waals surface area contributed by atoms with Crippen molar-refractivity contribution in [3.8, 4) is 17.6 Å². The van der Waals surface area contributed by atoms with Gasteiger partial charge in [0.05, 0.1) is 46.8 Å². The number of rotatable bonds is 7. The van der Waals surface area contributed by atoms with Gasteiger partial charge in [-0.15, -0.1) is 0 Å². The van der Waals surface area contributed by atoms with Gasteiger partial charge in [0.15, 0.2) is 0 Å². The van der Waals surface area contributed by atoms with Crippen LogP contribution < -0.4 is 4.74 Å². The number of ether oxygens (including phenoxy) is 1. The van der Waals surface area contributed by atoms with Crippen molar-refractivity contribution in [1.82, 2.24) is 9.88 Å². The monoisotopic (exact) mass is 628 g/mol. The second kappa shape index (κ2) is 12.6. The van der Waals surface area contributed by atoms with Crippen LogP contribution in [0.5, 0.6) is 5.75 Å². The van der Waals surface area contributed by atoms with Crippen LogP contribution in [0.25, 0.3) is 10.9 Å². The summed E-state index contributed by atoms with van der Waals surface area (Å²) in [6.07, 6.45) is -8.96. The largest absolute Gasteiger partial charge is 0.497 e. The first-order valence-corrected chi connectivity index (χ1v) is 13.5. The number of benzene rings is 2. The number of carboxylic acid groups (broad SMARTS) is 1. The van der Waals surface area contributed by atoms with E-state index in [2.05, 4.69) is 16.8 Å². The topological polar surface area (TPSA) is 82.9 Å². The molecule has 3 aromatic rings. The van der Waals surface area contributed by atoms with Crippen molar-refractivity contribution in [2.24, 2.45) is 5.41 Å². The number of carbonyl (C=O) groups is 1. The summed E-state index contributed by atoms with van der Waals surface area (Å²) in [5, 5.41) is 22.0. The minimum absolute atomic E-state index is 0.0242. The van der Waals surface area contributed by atoms with Crippen molar-refractivity contribution in [3.63, 3.8) is 0 Å². The molecule has 1 aliphatic heterocycles. The molecule has 2 N–H and O–H groups in total. The highest BCUT2D eigenvalue weighted by Gasteiger charge is 2.42. The molecule has 1 saturated heterocycles. The molecule has 0 amide bonds. The standard InChI is InChI=1S/C30H27ClF6N2O4/c1-43-21-4-5-24-22(16-21)26(23(31)17-38-24)25(40)6-7-28(27(41)42)8-11-39(12-9-28)10-2-3-18-13-19(29(32,33)34)15-20(14-18)30(35,36)37/h4-5,13-17,25,40H,6-12H2,1H3,(H,41,42). The summed E-state index contributed by atoms with van der Waals surface area (Å²) in [5.74, 6) is 4.50. The SMILES string of the molecule is COc1ccc2ncc(Cl)c(C(O)CCC3(C(=O)O)CCN(CC#Cc4cc(C(F)(F)F)cc(C(F)(F)F)c4)CC3)c2c1. The lowest BCUT2D eigenvalue weighted by Gasteiger charge is -2.38. The molecule has 0 saturated carbocycles. The van der Waals surface area contributed by atoms with E-state index in [1.54, 1.807) is 23.1 Å². The van der Waals surface area contributed by atoms with Gasteiger partial charge in [-0.25, -0.2) is 0 Å². The van der Waals surface area contributed by atoms with Crippen molar-refractivity contribution in [1.29, 1.82) is 0 Å². The number of methoxy groups -OCH3 is 1. The zero-order valence-electron chi connectivity index (χ0n) is 22.8. The molecule has 1 aliphatic rings. The van der Waals surface area contributed by atoms with Crippen molar-refractivity contribution in [2.75, 3.05) is 26.7 Å². The number of halogens is 7. The highest BCUT2D eigenvalue weighted by Crippen LogP contribution is 2.41. The average Bonchev–Trinajstić information content (AvgIpc) is 2.95. The fraction of sp³-hybridized carbons (Fsp3) is 0.400. The third-order valence-electron chi connectivity index (χ3n) is 7.69. The predicted molar refractivity (Wildman–Crippen MR) is 147 cm³/mol. The third kappa shape index (κ3) is 7.52. The molecule has 2 aromatic carbocycles. The minimum Gasteiger partial charge on any atom is -0.497 e. The normalized spacial score (nSPS) is 16.4. The van der Waals surface area contributed by atoms with Crippen LogP contribution in [0.15, 0.2) is 42.6 Å². The number of piperidine rings is 1. The molecule has 0 radical (unpaired) electrons. The number of aliphatic hydroxyl groups excluding tert-OH is 1. The molecule has 6 nitrogen and oxygen atoms in total. The fourth-order valence-corrected chi connectivity index (χ4v) is 5.46. The van der Waals surface area contributed by atoms with Crippen molar-refractivity contribution in [2.45, 2.75) is 44.1 Å². The van der Waals surface area contributed by atoms with Gasteiger partial charge < -0.3 is 14.9 Å². The van der Waals surface area contributed by atoms with Gasteiger partial charge in [0.25, 0.3) is 0 Å². The molecule has 0 bridgehead atoms. The molecule has 2 heterocycles. The van der Waals surface area contributed by atoms with E-state index in [0.29, 0.717) is 34.3 Å². The maximum absolute atomic E-state index is 13.1. The van der Waals surface area contributed by atoms with Gasteiger partial charge in [-0.1, -0.05) is 23.4 Å². The Hall–Kier alpha value is -3.53. The Balaban J connectivity index is 1.43. The van der Waals surface area contributed by atoms with Gasteiger partial charge in [-0.05, 0) is 62.1 Å². The maximum Gasteiger partial charge on any atom is 0.416 e. The Morgan fingerprint density at radius 1 is 1.09 bits per heavy atom. The first kappa shape index (κ1) is 32.4. The third-order valence-corrected chi connectivity index (χ3v) is 7.99. The highest BCUT2D eigenvalue weighted by atomic mass is 35.5. The van der Waals surface area contributed by atoms with E-state index in [9.17, 15) is 41.4 Å². The zero-order chi connectivity index (χ0) is 31.6. The van der Waals surface area contributed by atoms with Gasteiger partial charge in [0, 0.05) is 35.8 Å². The first-order chi connectivity index (χ1) is 20.1. The summed E-state index contributed by atoms with van der Waals surface area (Å²) in [5.41, 5.74) is -3.46. The fourth-order valence-electron chi connectivity index (χ4n) is 5.18. The lowest BCUT2D eigenvalue weighted by molar-refractivity contribution is -0.153. The molecule has 230 valence electrons. The number of carboxylic acids is 1. The molecule has 43 heavy (non-hydrogen) atoms. The summed E-state index contributed by atoms with van der Waals surface area (Å²) in [4.78, 5) is 18.4. The van der Waals surface area contributed by atoms with E-state index in [0.717, 1.165) is 0 Å². The van der Waals surface area contributed by atoms with Crippen molar-refractivity contribution >= 4 is 28.5 Å². The first-order valence-electron chi connectivity index (χ1n) is 13.2. The number of aliphatic hydroxyl groups is 1. The molecular weight excluding hydrogens is 602 g/mol. The number of aliphatic carboxylic acids is 1. The second-order valence-electron chi connectivity index (χ2n) is 10.4. The second-order valence-corrected chi connectivity index (χ2v) is 10.8. The number of nitrogens with zero attached hydrogens (tertiary/aromatic N) is 2. The molecule has 4 rings (SSSR count). The predicted octanol–water partition coefficient (Wildman–Crippen LogP) is 6.97. The van der Waals surface area contributed by atoms with Crippen LogP contribution in [0.2, 0.25) is 5.02 Å². The Bertz CT molecular complexity index is 1520. The van der Waals surface area contributed by atoms with Crippen molar-refractivity contribution in [3.05, 3.63) is 69.9 Å². The Kier molecular flexibility index (Phi) is 9.49. The lowest BCUT2D eigenvalue weighted by Crippen LogP contribution is -2.44. The summed E-state index contributed by atoms with van der Waals surface area (Å²) in [7, 11) is 1.50. The number of alkyl halides is 6. The Labute approximate surface area is 248 Å². The van der Waals surface area contributed by atoms with Gasteiger partial charge >= 0.3 is 18.3 Å². The molecule has 0 spiro atoms. The van der Waals surface area contributed by atoms with E-state index in [1.807, 2.05) is 0 Å². The number of hydrogen-bond donors (Lipinski definition) is 2. The minimum atomic E-state index is -4.97. The maximum atomic E-state index is 13.1. The quantitative estimate of drug-likeness (QED) is 0.217. The van der Waals surface area contributed by atoms with E-state index < -0.39 is 46.5 Å². The van der Waals surface area contributed by atoms with Crippen LogP contribution >= 0.6 is 11.6 Å². The van der Waals surface area contributed by atoms with Crippen LogP contribution in [0.1, 0.15) is 54.0 Å². The molecule has 1 unspecified atom stereocenters. The van der Waals surface area contributed by atoms with Gasteiger partial charge in [0.1, 0.15) is 5.75 Å². The lowest BCUT2D eigenvalue weighted by atomic mass is 9.74. The van der Waals surface area contributed by atoms with Crippen LogP contribution in [0, 0.1) is 17.3 Å². The van der Waals surface area contributed by atoms with Gasteiger partial charge in [0.2, 0.25) is 0 Å². The molecule has 13 heteroatoms. The van der Waals surface area contributed by atoms with E-state index in [4.69, 9.17) is 16.3 Å². The summed E-state index contributed by atoms with van der Waals surface area (Å²) >= 11 is 6.38. The Morgan fingerprint density at radius 2 is 1.72 bits per heavy atom. The average molecular weight is 629 g/mol. The van der Waals surface area contributed by atoms with E-state index in [1.165, 1.54) is 13.3 Å². The molecule has 1 atom stereocenters. The molecule has 1 fully saturated rings. The smallest absolute Gasteiger partial charge is 0.416 e. The number of pyridine rings is 1. The van der Waals surface area contributed by atoms with E-state index in [-0.39, 0.29) is 56.4 Å². The van der Waals surface area contributed by atoms with E-state index >= 15 is 0 Å². The molecular formula is C30H27ClF6N2O4. The van der Waals surface area contributed by atoms with Crippen LogP contribution in [-0.4, -0.2) is 52.8 Å².